The van der Waals surface area contributed by atoms with Gasteiger partial charge in [-0.15, -0.1) is 0 Å². The molecule has 3 rings (SSSR count). The van der Waals surface area contributed by atoms with Gasteiger partial charge in [0.2, 0.25) is 11.7 Å². The fraction of sp³-hybridized carbons (Fsp3) is 0.440. The first-order valence-corrected chi connectivity index (χ1v) is 11.2. The summed E-state index contributed by atoms with van der Waals surface area (Å²) in [6.07, 6.45) is -0.608. The van der Waals surface area contributed by atoms with Crippen LogP contribution in [0.4, 0.5) is 4.79 Å². The monoisotopic (exact) mass is 471 g/mol. The number of hydrogen-bond donors (Lipinski definition) is 1. The highest BCUT2D eigenvalue weighted by Gasteiger charge is 2.27. The van der Waals surface area contributed by atoms with Crippen molar-refractivity contribution in [3.63, 3.8) is 0 Å². The zero-order chi connectivity index (χ0) is 24.5. The molecule has 1 fully saturated rings. The minimum atomic E-state index is -0.666. The standard InChI is InChI=1S/C25H33N3O6/c1-18(26-25(30)34-17-19-8-6-5-7-9-19)24(29)28-14-12-27(13-15-28)16-20-10-11-21(31-2)23(33-4)22(20)32-3/h5-11,18H,12-17H2,1-4H3,(H,26,30)/t18-/m0/s1. The lowest BCUT2D eigenvalue weighted by Crippen LogP contribution is -2.54. The summed E-state index contributed by atoms with van der Waals surface area (Å²) in [5.74, 6) is 1.70. The first-order valence-electron chi connectivity index (χ1n) is 11.2. The Morgan fingerprint density at radius 1 is 0.912 bits per heavy atom. The molecule has 1 saturated heterocycles. The molecule has 1 N–H and O–H groups in total. The molecule has 2 aromatic carbocycles. The Hall–Kier alpha value is -3.46. The van der Waals surface area contributed by atoms with Crippen LogP contribution in [0, 0.1) is 0 Å². The van der Waals surface area contributed by atoms with E-state index in [0.29, 0.717) is 50.0 Å². The minimum Gasteiger partial charge on any atom is -0.493 e. The Morgan fingerprint density at radius 2 is 1.59 bits per heavy atom. The maximum absolute atomic E-state index is 12.8. The Labute approximate surface area is 200 Å². The second-order valence-corrected chi connectivity index (χ2v) is 8.02. The average molecular weight is 472 g/mol. The number of carbonyl (C=O) groups is 2. The van der Waals surface area contributed by atoms with E-state index in [-0.39, 0.29) is 12.5 Å². The summed E-state index contributed by atoms with van der Waals surface area (Å²) >= 11 is 0. The number of ether oxygens (including phenoxy) is 4. The molecular weight excluding hydrogens is 438 g/mol. The van der Waals surface area contributed by atoms with Gasteiger partial charge in [-0.3, -0.25) is 9.69 Å². The van der Waals surface area contributed by atoms with Crippen molar-refractivity contribution >= 4 is 12.0 Å². The fourth-order valence-electron chi connectivity index (χ4n) is 3.93. The van der Waals surface area contributed by atoms with Crippen LogP contribution in [0.15, 0.2) is 42.5 Å². The van der Waals surface area contributed by atoms with Crippen LogP contribution in [0.25, 0.3) is 0 Å². The summed E-state index contributed by atoms with van der Waals surface area (Å²) in [4.78, 5) is 28.9. The number of piperazine rings is 1. The largest absolute Gasteiger partial charge is 0.493 e. The summed E-state index contributed by atoms with van der Waals surface area (Å²) in [6, 6.07) is 12.6. The molecule has 0 aliphatic carbocycles. The molecular formula is C25H33N3O6. The maximum atomic E-state index is 12.8. The van der Waals surface area contributed by atoms with Gasteiger partial charge in [-0.05, 0) is 18.6 Å². The molecule has 0 bridgehead atoms. The van der Waals surface area contributed by atoms with Gasteiger partial charge in [-0.2, -0.15) is 0 Å². The van der Waals surface area contributed by atoms with Crippen LogP contribution < -0.4 is 19.5 Å². The highest BCUT2D eigenvalue weighted by molar-refractivity contribution is 5.85. The molecule has 0 spiro atoms. The molecule has 9 heteroatoms. The van der Waals surface area contributed by atoms with Crippen molar-refractivity contribution in [3.05, 3.63) is 53.6 Å². The van der Waals surface area contributed by atoms with Gasteiger partial charge in [0, 0.05) is 38.3 Å². The highest BCUT2D eigenvalue weighted by Crippen LogP contribution is 2.40. The Kier molecular flexibility index (Phi) is 8.98. The van der Waals surface area contributed by atoms with Crippen LogP contribution in [0.2, 0.25) is 0 Å². The van der Waals surface area contributed by atoms with Gasteiger partial charge >= 0.3 is 6.09 Å². The van der Waals surface area contributed by atoms with Gasteiger partial charge in [-0.1, -0.05) is 36.4 Å². The van der Waals surface area contributed by atoms with E-state index in [1.165, 1.54) is 0 Å². The zero-order valence-corrected chi connectivity index (χ0v) is 20.2. The van der Waals surface area contributed by atoms with Gasteiger partial charge < -0.3 is 29.2 Å². The SMILES string of the molecule is COc1ccc(CN2CCN(C(=O)[C@H](C)NC(=O)OCc3ccccc3)CC2)c(OC)c1OC. The van der Waals surface area contributed by atoms with Crippen molar-refractivity contribution < 1.29 is 28.5 Å². The Bertz CT molecular complexity index is 961. The molecule has 2 amide bonds. The van der Waals surface area contributed by atoms with Crippen molar-refractivity contribution in [2.24, 2.45) is 0 Å². The molecule has 1 aliphatic rings. The number of alkyl carbamates (subject to hydrolysis) is 1. The number of hydrogen-bond acceptors (Lipinski definition) is 7. The van der Waals surface area contributed by atoms with Crippen molar-refractivity contribution in [2.45, 2.75) is 26.1 Å². The van der Waals surface area contributed by atoms with Crippen LogP contribution in [0.1, 0.15) is 18.1 Å². The van der Waals surface area contributed by atoms with E-state index in [9.17, 15) is 9.59 Å². The van der Waals surface area contributed by atoms with Gasteiger partial charge in [0.05, 0.1) is 21.3 Å². The third kappa shape index (κ3) is 6.32. The van der Waals surface area contributed by atoms with E-state index in [1.807, 2.05) is 42.5 Å². The summed E-state index contributed by atoms with van der Waals surface area (Å²) < 4.78 is 21.6. The predicted octanol–water partition coefficient (Wildman–Crippen LogP) is 2.67. The molecule has 1 heterocycles. The molecule has 0 radical (unpaired) electrons. The number of amides is 2. The second-order valence-electron chi connectivity index (χ2n) is 8.02. The molecule has 184 valence electrons. The second kappa shape index (κ2) is 12.1. The van der Waals surface area contributed by atoms with E-state index in [0.717, 1.165) is 11.1 Å². The Morgan fingerprint density at radius 3 is 2.21 bits per heavy atom. The van der Waals surface area contributed by atoms with E-state index < -0.39 is 12.1 Å². The normalized spacial score (nSPS) is 14.8. The van der Waals surface area contributed by atoms with Crippen LogP contribution in [-0.4, -0.2) is 75.4 Å². The van der Waals surface area contributed by atoms with E-state index >= 15 is 0 Å². The van der Waals surface area contributed by atoms with E-state index in [1.54, 1.807) is 33.2 Å². The molecule has 1 atom stereocenters. The van der Waals surface area contributed by atoms with Gasteiger partial charge in [0.15, 0.2) is 11.5 Å². The first kappa shape index (κ1) is 25.2. The van der Waals surface area contributed by atoms with Gasteiger partial charge in [0.1, 0.15) is 12.6 Å². The van der Waals surface area contributed by atoms with E-state index in [4.69, 9.17) is 18.9 Å². The van der Waals surface area contributed by atoms with Crippen LogP contribution in [0.5, 0.6) is 17.2 Å². The van der Waals surface area contributed by atoms with Crippen molar-refractivity contribution in [3.8, 4) is 17.2 Å². The molecule has 9 nitrogen and oxygen atoms in total. The number of nitrogens with one attached hydrogen (secondary N) is 1. The summed E-state index contributed by atoms with van der Waals surface area (Å²) in [5, 5.41) is 2.63. The van der Waals surface area contributed by atoms with Gasteiger partial charge in [-0.25, -0.2) is 4.79 Å². The van der Waals surface area contributed by atoms with Crippen molar-refractivity contribution in [2.75, 3.05) is 47.5 Å². The number of nitrogens with zero attached hydrogens (tertiary/aromatic N) is 2. The molecule has 34 heavy (non-hydrogen) atoms. The van der Waals surface area contributed by atoms with E-state index in [2.05, 4.69) is 10.2 Å². The lowest BCUT2D eigenvalue weighted by molar-refractivity contribution is -0.134. The highest BCUT2D eigenvalue weighted by atomic mass is 16.5. The third-order valence-electron chi connectivity index (χ3n) is 5.78. The van der Waals surface area contributed by atoms with Crippen molar-refractivity contribution in [1.29, 1.82) is 0 Å². The molecule has 1 aliphatic heterocycles. The van der Waals surface area contributed by atoms with Crippen molar-refractivity contribution in [1.82, 2.24) is 15.1 Å². The zero-order valence-electron chi connectivity index (χ0n) is 20.2. The minimum absolute atomic E-state index is 0.125. The van der Waals surface area contributed by atoms with Gasteiger partial charge in [0.25, 0.3) is 0 Å². The number of benzene rings is 2. The lowest BCUT2D eigenvalue weighted by atomic mass is 10.1. The number of rotatable bonds is 9. The Balaban J connectivity index is 1.48. The third-order valence-corrected chi connectivity index (χ3v) is 5.78. The topological polar surface area (TPSA) is 89.6 Å². The maximum Gasteiger partial charge on any atom is 0.408 e. The quantitative estimate of drug-likeness (QED) is 0.601. The average Bonchev–Trinajstić information content (AvgIpc) is 2.87. The predicted molar refractivity (Wildman–Crippen MR) is 127 cm³/mol. The number of carbonyl (C=O) groups excluding carboxylic acids is 2. The lowest BCUT2D eigenvalue weighted by Gasteiger charge is -2.36. The summed E-state index contributed by atoms with van der Waals surface area (Å²) in [5.41, 5.74) is 1.87. The molecule has 2 aromatic rings. The summed E-state index contributed by atoms with van der Waals surface area (Å²) in [7, 11) is 4.78. The first-order chi connectivity index (χ1) is 16.5. The fourth-order valence-corrected chi connectivity index (χ4v) is 3.93. The van der Waals surface area contributed by atoms with Crippen LogP contribution >= 0.6 is 0 Å². The summed E-state index contributed by atoms with van der Waals surface area (Å²) in [6.45, 7) is 5.03. The van der Waals surface area contributed by atoms with Crippen LogP contribution in [-0.2, 0) is 22.7 Å². The molecule has 0 saturated carbocycles. The molecule has 0 aromatic heterocycles. The smallest absolute Gasteiger partial charge is 0.408 e. The molecule has 0 unspecified atom stereocenters. The number of methoxy groups -OCH3 is 3. The van der Waals surface area contributed by atoms with Crippen LogP contribution in [0.3, 0.4) is 0 Å².